The summed E-state index contributed by atoms with van der Waals surface area (Å²) < 4.78 is 26.9. The molecule has 2 rings (SSSR count). The third-order valence-electron chi connectivity index (χ3n) is 3.30. The Morgan fingerprint density at radius 1 is 1.42 bits per heavy atom. The quantitative estimate of drug-likeness (QED) is 0.597. The molecule has 0 bridgehead atoms. The van der Waals surface area contributed by atoms with E-state index < -0.39 is 17.5 Å². The molecule has 104 valence electrons. The van der Waals surface area contributed by atoms with Crippen LogP contribution >= 0.6 is 27.5 Å². The molecule has 0 spiro atoms. The second kappa shape index (κ2) is 5.75. The molecular formula is C13H13BrClF2NO. The van der Waals surface area contributed by atoms with Crippen LogP contribution in [-0.4, -0.2) is 29.2 Å². The molecule has 1 aliphatic rings. The van der Waals surface area contributed by atoms with E-state index in [-0.39, 0.29) is 10.6 Å². The molecule has 1 aliphatic carbocycles. The monoisotopic (exact) mass is 351 g/mol. The van der Waals surface area contributed by atoms with Crippen LogP contribution in [0.2, 0.25) is 5.02 Å². The van der Waals surface area contributed by atoms with Crippen LogP contribution in [0.4, 0.5) is 8.78 Å². The van der Waals surface area contributed by atoms with Gasteiger partial charge in [0.2, 0.25) is 0 Å². The summed E-state index contributed by atoms with van der Waals surface area (Å²) in [6.45, 7) is 0.546. The zero-order valence-electron chi connectivity index (χ0n) is 10.3. The molecule has 1 saturated carbocycles. The van der Waals surface area contributed by atoms with Crippen molar-refractivity contribution < 1.29 is 13.6 Å². The Morgan fingerprint density at radius 2 is 2.05 bits per heavy atom. The highest BCUT2D eigenvalue weighted by atomic mass is 79.9. The summed E-state index contributed by atoms with van der Waals surface area (Å²) in [6, 6.07) is 1.68. The molecule has 1 aromatic rings. The standard InChI is InChI=1S/C13H13BrClF2NO/c1-18(6-7-2-8(14)3-7)13(19)9-4-12(17)10(15)5-11(9)16/h4-5,7-8H,2-3,6H2,1H3. The highest BCUT2D eigenvalue weighted by Crippen LogP contribution is 2.33. The van der Waals surface area contributed by atoms with Gasteiger partial charge in [0, 0.05) is 18.4 Å². The van der Waals surface area contributed by atoms with Gasteiger partial charge in [0.25, 0.3) is 5.91 Å². The Kier molecular flexibility index (Phi) is 4.46. The van der Waals surface area contributed by atoms with Gasteiger partial charge in [0.1, 0.15) is 11.6 Å². The highest BCUT2D eigenvalue weighted by molar-refractivity contribution is 9.09. The average molecular weight is 353 g/mol. The van der Waals surface area contributed by atoms with Crippen molar-refractivity contribution in [3.63, 3.8) is 0 Å². The lowest BCUT2D eigenvalue weighted by atomic mass is 9.85. The molecule has 19 heavy (non-hydrogen) atoms. The van der Waals surface area contributed by atoms with E-state index in [0.717, 1.165) is 25.0 Å². The lowest BCUT2D eigenvalue weighted by Crippen LogP contribution is -2.38. The van der Waals surface area contributed by atoms with E-state index in [1.807, 2.05) is 0 Å². The number of carbonyl (C=O) groups excluding carboxylic acids is 1. The van der Waals surface area contributed by atoms with Crippen molar-refractivity contribution in [2.24, 2.45) is 5.92 Å². The molecule has 0 N–H and O–H groups in total. The van der Waals surface area contributed by atoms with Gasteiger partial charge in [-0.3, -0.25) is 4.79 Å². The maximum Gasteiger partial charge on any atom is 0.256 e. The number of hydrogen-bond donors (Lipinski definition) is 0. The fraction of sp³-hybridized carbons (Fsp3) is 0.462. The minimum absolute atomic E-state index is 0.279. The number of halogens is 4. The van der Waals surface area contributed by atoms with Gasteiger partial charge in [-0.05, 0) is 30.9 Å². The molecule has 2 nitrogen and oxygen atoms in total. The predicted octanol–water partition coefficient (Wildman–Crippen LogP) is 3.86. The van der Waals surface area contributed by atoms with E-state index in [1.165, 1.54) is 4.90 Å². The van der Waals surface area contributed by atoms with Gasteiger partial charge in [0.15, 0.2) is 0 Å². The van der Waals surface area contributed by atoms with Crippen LogP contribution in [0, 0.1) is 17.6 Å². The van der Waals surface area contributed by atoms with E-state index in [9.17, 15) is 13.6 Å². The number of amides is 1. The summed E-state index contributed by atoms with van der Waals surface area (Å²) in [4.78, 5) is 14.0. The maximum absolute atomic E-state index is 13.6. The van der Waals surface area contributed by atoms with Crippen molar-refractivity contribution in [1.29, 1.82) is 0 Å². The van der Waals surface area contributed by atoms with Gasteiger partial charge in [-0.25, -0.2) is 8.78 Å². The topological polar surface area (TPSA) is 20.3 Å². The first-order valence-electron chi connectivity index (χ1n) is 5.92. The van der Waals surface area contributed by atoms with Crippen LogP contribution in [-0.2, 0) is 0 Å². The summed E-state index contributed by atoms with van der Waals surface area (Å²) in [6.07, 6.45) is 1.99. The fourth-order valence-corrected chi connectivity index (χ4v) is 3.37. The molecule has 1 amide bonds. The van der Waals surface area contributed by atoms with Crippen LogP contribution in [0.5, 0.6) is 0 Å². The minimum atomic E-state index is -0.796. The van der Waals surface area contributed by atoms with E-state index in [2.05, 4.69) is 15.9 Å². The van der Waals surface area contributed by atoms with E-state index in [1.54, 1.807) is 7.05 Å². The molecule has 0 aliphatic heterocycles. The summed E-state index contributed by atoms with van der Waals surface area (Å²) in [7, 11) is 1.59. The summed E-state index contributed by atoms with van der Waals surface area (Å²) >= 11 is 8.93. The zero-order chi connectivity index (χ0) is 14.2. The minimum Gasteiger partial charge on any atom is -0.341 e. The van der Waals surface area contributed by atoms with Gasteiger partial charge < -0.3 is 4.90 Å². The van der Waals surface area contributed by atoms with E-state index >= 15 is 0 Å². The lowest BCUT2D eigenvalue weighted by Gasteiger charge is -2.34. The maximum atomic E-state index is 13.6. The molecular weight excluding hydrogens is 340 g/mol. The van der Waals surface area contributed by atoms with Crippen molar-refractivity contribution in [2.75, 3.05) is 13.6 Å². The predicted molar refractivity (Wildman–Crippen MR) is 73.8 cm³/mol. The van der Waals surface area contributed by atoms with Gasteiger partial charge in [-0.15, -0.1) is 0 Å². The summed E-state index contributed by atoms with van der Waals surface area (Å²) in [5.74, 6) is -1.69. The van der Waals surface area contributed by atoms with Crippen molar-refractivity contribution in [3.8, 4) is 0 Å². The first kappa shape index (κ1) is 14.7. The first-order chi connectivity index (χ1) is 8.88. The van der Waals surface area contributed by atoms with Crippen molar-refractivity contribution in [1.82, 2.24) is 4.90 Å². The van der Waals surface area contributed by atoms with Crippen LogP contribution in [0.25, 0.3) is 0 Å². The lowest BCUT2D eigenvalue weighted by molar-refractivity contribution is 0.0743. The molecule has 1 fully saturated rings. The van der Waals surface area contributed by atoms with Crippen LogP contribution in [0.15, 0.2) is 12.1 Å². The van der Waals surface area contributed by atoms with Gasteiger partial charge in [-0.2, -0.15) is 0 Å². The van der Waals surface area contributed by atoms with Crippen molar-refractivity contribution >= 4 is 33.4 Å². The SMILES string of the molecule is CN(CC1CC(Br)C1)C(=O)c1cc(F)c(Cl)cc1F. The number of nitrogens with zero attached hydrogens (tertiary/aromatic N) is 1. The summed E-state index contributed by atoms with van der Waals surface area (Å²) in [5, 5.41) is -0.321. The van der Waals surface area contributed by atoms with Crippen LogP contribution in [0.1, 0.15) is 23.2 Å². The Hall–Kier alpha value is -0.680. The fourth-order valence-electron chi connectivity index (χ4n) is 2.17. The summed E-state index contributed by atoms with van der Waals surface area (Å²) in [5.41, 5.74) is -0.279. The molecule has 6 heteroatoms. The number of rotatable bonds is 3. The zero-order valence-corrected chi connectivity index (χ0v) is 12.6. The third kappa shape index (κ3) is 3.26. The number of alkyl halides is 1. The average Bonchev–Trinajstić information content (AvgIpc) is 2.31. The Labute approximate surface area is 123 Å². The second-order valence-electron chi connectivity index (χ2n) is 4.87. The number of hydrogen-bond acceptors (Lipinski definition) is 1. The molecule has 0 aromatic heterocycles. The Balaban J connectivity index is 2.08. The molecule has 0 heterocycles. The van der Waals surface area contributed by atoms with E-state index in [4.69, 9.17) is 11.6 Å². The van der Waals surface area contributed by atoms with Crippen molar-refractivity contribution in [3.05, 3.63) is 34.4 Å². The van der Waals surface area contributed by atoms with Crippen LogP contribution < -0.4 is 0 Å². The van der Waals surface area contributed by atoms with Crippen molar-refractivity contribution in [2.45, 2.75) is 17.7 Å². The molecule has 0 unspecified atom stereocenters. The normalized spacial score (nSPS) is 21.9. The van der Waals surface area contributed by atoms with E-state index in [0.29, 0.717) is 17.3 Å². The first-order valence-corrected chi connectivity index (χ1v) is 7.22. The second-order valence-corrected chi connectivity index (χ2v) is 6.57. The Morgan fingerprint density at radius 3 is 2.63 bits per heavy atom. The molecule has 0 radical (unpaired) electrons. The highest BCUT2D eigenvalue weighted by Gasteiger charge is 2.29. The molecule has 0 saturated heterocycles. The smallest absolute Gasteiger partial charge is 0.256 e. The Bertz CT molecular complexity index is 506. The van der Waals surface area contributed by atoms with Gasteiger partial charge in [0.05, 0.1) is 10.6 Å². The van der Waals surface area contributed by atoms with Gasteiger partial charge in [-0.1, -0.05) is 27.5 Å². The largest absolute Gasteiger partial charge is 0.341 e. The molecule has 0 atom stereocenters. The number of carbonyl (C=O) groups is 1. The number of benzene rings is 1. The van der Waals surface area contributed by atoms with Gasteiger partial charge >= 0.3 is 0 Å². The molecule has 1 aromatic carbocycles. The van der Waals surface area contributed by atoms with Crippen LogP contribution in [0.3, 0.4) is 0 Å². The third-order valence-corrected chi connectivity index (χ3v) is 4.33.